The summed E-state index contributed by atoms with van der Waals surface area (Å²) in [4.78, 5) is 18.0. The zero-order chi connectivity index (χ0) is 40.9. The summed E-state index contributed by atoms with van der Waals surface area (Å²) < 4.78 is 0. The third-order valence-corrected chi connectivity index (χ3v) is 15.7. The Labute approximate surface area is 428 Å². The zero-order valence-corrected chi connectivity index (χ0v) is 45.0. The van der Waals surface area contributed by atoms with E-state index >= 15 is 0 Å². The third-order valence-electron chi connectivity index (χ3n) is 10.2. The van der Waals surface area contributed by atoms with Crippen LogP contribution < -0.4 is 31.8 Å². The van der Waals surface area contributed by atoms with E-state index in [9.17, 15) is 0 Å². The fourth-order valence-electron chi connectivity index (χ4n) is 7.32. The van der Waals surface area contributed by atoms with Crippen LogP contribution in [0.3, 0.4) is 0 Å². The number of benzene rings is 6. The van der Waals surface area contributed by atoms with Crippen LogP contribution in [-0.2, 0) is 42.1 Å². The molecule has 0 amide bonds. The number of pyridine rings is 2. The molecule has 1 aliphatic rings. The first kappa shape index (κ1) is 59.2. The van der Waals surface area contributed by atoms with Gasteiger partial charge in [-0.05, 0) is 110 Å². The fraction of sp³-hybridized carbons (Fsp3) is 0.103. The molecule has 0 aliphatic heterocycles. The number of nitrogens with zero attached hydrogens (tertiary/aromatic N) is 4. The van der Waals surface area contributed by atoms with Crippen LogP contribution in [0.25, 0.3) is 0 Å². The molecule has 8 aromatic rings. The van der Waals surface area contributed by atoms with Crippen LogP contribution in [-0.4, -0.2) is 34.5 Å². The van der Waals surface area contributed by atoms with Gasteiger partial charge in [-0.25, -0.2) is 0 Å². The number of aromatic nitrogens is 2. The van der Waals surface area contributed by atoms with Gasteiger partial charge in [0.1, 0.15) is 31.8 Å². The van der Waals surface area contributed by atoms with Gasteiger partial charge in [0.25, 0.3) is 0 Å². The van der Waals surface area contributed by atoms with Crippen molar-refractivity contribution in [2.24, 2.45) is 9.98 Å². The molecule has 66 heavy (non-hydrogen) atoms. The van der Waals surface area contributed by atoms with E-state index in [1.54, 1.807) is 12.4 Å². The van der Waals surface area contributed by atoms with E-state index in [2.05, 4.69) is 192 Å². The molecular formula is C58H64N4P2Pt2+2. The molecule has 2 aromatic heterocycles. The molecule has 0 saturated heterocycles. The monoisotopic (exact) mass is 1270 g/mol. The minimum Gasteiger partial charge on any atom is -0.358 e. The maximum Gasteiger partial charge on any atom is 2.00 e. The molecule has 0 N–H and O–H groups in total. The first-order valence-electron chi connectivity index (χ1n) is 20.8. The van der Waals surface area contributed by atoms with E-state index in [-0.39, 0.29) is 83.9 Å². The van der Waals surface area contributed by atoms with Gasteiger partial charge in [-0.3, -0.25) is 20.0 Å². The Balaban J connectivity index is 0.000000475. The number of rotatable bonds is 10. The predicted octanol–water partition coefficient (Wildman–Crippen LogP) is 11.5. The Morgan fingerprint density at radius 1 is 0.333 bits per heavy atom. The normalized spacial score (nSPS) is 13.5. The minimum atomic E-state index is -0.877. The number of hydrogen-bond donors (Lipinski definition) is 0. The van der Waals surface area contributed by atoms with Gasteiger partial charge < -0.3 is 29.7 Å². The van der Waals surface area contributed by atoms with Crippen molar-refractivity contribution >= 4 is 60.1 Å². The van der Waals surface area contributed by atoms with Crippen LogP contribution in [0, 0.1) is 29.7 Å². The quantitative estimate of drug-likeness (QED) is 0.0778. The van der Waals surface area contributed by atoms with Crippen LogP contribution in [0.2, 0.25) is 0 Å². The Morgan fingerprint density at radius 3 is 0.773 bits per heavy atom. The van der Waals surface area contributed by atoms with Gasteiger partial charge in [0.05, 0.1) is 39.3 Å². The molecule has 2 heterocycles. The van der Waals surface area contributed by atoms with Crippen molar-refractivity contribution in [2.75, 3.05) is 0 Å². The van der Waals surface area contributed by atoms with Crippen molar-refractivity contribution in [2.45, 2.75) is 37.8 Å². The molecule has 6 aromatic carbocycles. The number of hydrogen-bond acceptors (Lipinski definition) is 4. The molecule has 1 saturated carbocycles. The standard InChI is InChI=1S/C18H20N4.2C18H15P.4CH3.2Pt/c1-2-10-18(22-14-16-8-4-6-12-20-16)17(9-1)21-13-15-7-3-5-11-19-15;2*1-4-10-16(11-5-1)19(17-12-6-2-7-13-17)18-14-8-3-9-15-18;;;;;;/h3-8,11-14,17-18H,1-2,9-10H2;2*1-15H;4*1H3;;/q;;;4*-1;2*+2/p+2. The minimum absolute atomic E-state index is 0. The molecular weight excluding hydrogens is 1200 g/mol. The van der Waals surface area contributed by atoms with E-state index < -0.39 is 15.8 Å². The van der Waals surface area contributed by atoms with Crippen molar-refractivity contribution in [1.82, 2.24) is 9.97 Å². The molecule has 9 rings (SSSR count). The van der Waals surface area contributed by atoms with Gasteiger partial charge in [0, 0.05) is 24.8 Å². The molecule has 1 fully saturated rings. The smallest absolute Gasteiger partial charge is 0.358 e. The maximum atomic E-state index is 4.73. The van der Waals surface area contributed by atoms with E-state index in [0.717, 1.165) is 24.2 Å². The Bertz CT molecular complexity index is 2070. The second-order valence-electron chi connectivity index (χ2n) is 14.4. The summed E-state index contributed by atoms with van der Waals surface area (Å²) >= 11 is 0. The first-order chi connectivity index (χ1) is 29.8. The van der Waals surface area contributed by atoms with Crippen LogP contribution in [0.15, 0.2) is 241 Å². The van der Waals surface area contributed by atoms with Gasteiger partial charge in [0.2, 0.25) is 0 Å². The van der Waals surface area contributed by atoms with Crippen molar-refractivity contribution in [3.05, 3.63) is 272 Å². The van der Waals surface area contributed by atoms with Gasteiger partial charge in [-0.2, -0.15) is 0 Å². The SMILES string of the molecule is C(=NC1CCCCC1N=Cc1ccccn1)c1ccccn1.[CH3-].[CH3-].[CH3-].[CH3-].[Pt+2].[Pt+2].c1ccc([PH+](c2ccccc2)c2ccccc2)cc1.c1ccc([PH+](c2ccccc2)c2ccccc2)cc1. The van der Waals surface area contributed by atoms with Gasteiger partial charge in [0.15, 0.2) is 0 Å². The molecule has 2 unspecified atom stereocenters. The number of aliphatic imine (C=N–C) groups is 2. The molecule has 2 atom stereocenters. The Hall–Kier alpha value is -4.80. The first-order valence-corrected chi connectivity index (χ1v) is 23.8. The predicted molar refractivity (Wildman–Crippen MR) is 288 cm³/mol. The van der Waals surface area contributed by atoms with E-state index in [4.69, 9.17) is 9.98 Å². The summed E-state index contributed by atoms with van der Waals surface area (Å²) in [6.07, 6.45) is 12.0. The summed E-state index contributed by atoms with van der Waals surface area (Å²) in [6, 6.07) is 77.2. The Kier molecular flexibility index (Phi) is 30.2. The average Bonchev–Trinajstić information content (AvgIpc) is 3.34. The molecule has 0 bridgehead atoms. The van der Waals surface area contributed by atoms with E-state index in [1.165, 1.54) is 44.7 Å². The Morgan fingerprint density at radius 2 is 0.561 bits per heavy atom. The van der Waals surface area contributed by atoms with Crippen molar-refractivity contribution < 1.29 is 42.1 Å². The van der Waals surface area contributed by atoms with Gasteiger partial charge in [-0.1, -0.05) is 134 Å². The largest absolute Gasteiger partial charge is 2.00 e. The van der Waals surface area contributed by atoms with Crippen LogP contribution in [0.1, 0.15) is 37.1 Å². The van der Waals surface area contributed by atoms with Crippen molar-refractivity contribution in [1.29, 1.82) is 0 Å². The summed E-state index contributed by atoms with van der Waals surface area (Å²) in [5, 5.41) is 8.61. The molecule has 344 valence electrons. The second kappa shape index (κ2) is 33.6. The molecule has 8 heteroatoms. The van der Waals surface area contributed by atoms with Gasteiger partial charge >= 0.3 is 42.1 Å². The molecule has 0 spiro atoms. The van der Waals surface area contributed by atoms with Crippen LogP contribution in [0.5, 0.6) is 0 Å². The third kappa shape index (κ3) is 18.5. The van der Waals surface area contributed by atoms with Crippen molar-refractivity contribution in [3.63, 3.8) is 0 Å². The molecule has 4 nitrogen and oxygen atoms in total. The van der Waals surface area contributed by atoms with E-state index in [1.807, 2.05) is 48.8 Å². The summed E-state index contributed by atoms with van der Waals surface area (Å²) in [7, 11) is -1.75. The molecule has 1 aliphatic carbocycles. The van der Waals surface area contributed by atoms with Crippen LogP contribution >= 0.6 is 15.8 Å². The second-order valence-corrected chi connectivity index (χ2v) is 19.4. The van der Waals surface area contributed by atoms with Gasteiger partial charge in [-0.15, -0.1) is 0 Å². The summed E-state index contributed by atoms with van der Waals surface area (Å²) in [5.74, 6) is 0. The fourth-order valence-corrected chi connectivity index (χ4v) is 12.5. The zero-order valence-electron chi connectivity index (χ0n) is 38.5. The summed E-state index contributed by atoms with van der Waals surface area (Å²) in [6.45, 7) is 0. The van der Waals surface area contributed by atoms with Crippen LogP contribution in [0.4, 0.5) is 0 Å². The molecule has 0 radical (unpaired) electrons. The maximum absolute atomic E-state index is 4.73. The summed E-state index contributed by atoms with van der Waals surface area (Å²) in [5.41, 5.74) is 1.81. The van der Waals surface area contributed by atoms with Crippen molar-refractivity contribution in [3.8, 4) is 0 Å². The average molecular weight is 1270 g/mol. The topological polar surface area (TPSA) is 50.5 Å². The van der Waals surface area contributed by atoms with E-state index in [0.29, 0.717) is 0 Å².